The minimum absolute atomic E-state index is 0.0676. The van der Waals surface area contributed by atoms with Crippen molar-refractivity contribution in [1.82, 2.24) is 5.32 Å². The van der Waals surface area contributed by atoms with Crippen LogP contribution in [0.1, 0.15) is 22.8 Å². The van der Waals surface area contributed by atoms with E-state index in [4.69, 9.17) is 4.74 Å². The number of ether oxygens (including phenoxy) is 1. The first-order valence-corrected chi connectivity index (χ1v) is 7.09. The van der Waals surface area contributed by atoms with E-state index in [1.165, 1.54) is 0 Å². The highest BCUT2D eigenvalue weighted by Gasteiger charge is 2.23. The summed E-state index contributed by atoms with van der Waals surface area (Å²) in [4.78, 5) is 0. The van der Waals surface area contributed by atoms with Crippen LogP contribution in [0.2, 0.25) is 0 Å². The van der Waals surface area contributed by atoms with Crippen LogP contribution in [0.5, 0.6) is 5.75 Å². The lowest BCUT2D eigenvalue weighted by atomic mass is 9.91. The molecule has 3 rings (SSSR count). The van der Waals surface area contributed by atoms with Crippen molar-refractivity contribution in [3.63, 3.8) is 0 Å². The highest BCUT2D eigenvalue weighted by Crippen LogP contribution is 2.27. The summed E-state index contributed by atoms with van der Waals surface area (Å²) in [5.74, 6) is 0.852. The second-order valence-electron chi connectivity index (χ2n) is 5.19. The third-order valence-electron chi connectivity index (χ3n) is 3.84. The summed E-state index contributed by atoms with van der Waals surface area (Å²) in [5.41, 5.74) is 3.23. The van der Waals surface area contributed by atoms with E-state index in [1.807, 2.05) is 54.6 Å². The van der Waals surface area contributed by atoms with Crippen LogP contribution in [0.3, 0.4) is 0 Å². The molecule has 0 amide bonds. The van der Waals surface area contributed by atoms with Crippen molar-refractivity contribution in [2.75, 3.05) is 7.11 Å². The third kappa shape index (κ3) is 2.99. The van der Waals surface area contributed by atoms with Gasteiger partial charge in [-0.05, 0) is 28.8 Å². The van der Waals surface area contributed by atoms with Crippen LogP contribution < -0.4 is 10.1 Å². The first-order chi connectivity index (χ1) is 10.3. The van der Waals surface area contributed by atoms with Gasteiger partial charge in [-0.25, -0.2) is 0 Å². The summed E-state index contributed by atoms with van der Waals surface area (Å²) in [5, 5.41) is 13.8. The van der Waals surface area contributed by atoms with Crippen LogP contribution >= 0.6 is 0 Å². The molecule has 1 unspecified atom stereocenters. The number of fused-ring (bicyclic) bond motifs is 1. The first-order valence-electron chi connectivity index (χ1n) is 7.09. The molecule has 2 atom stereocenters. The van der Waals surface area contributed by atoms with Gasteiger partial charge in [-0.1, -0.05) is 48.6 Å². The van der Waals surface area contributed by atoms with Crippen molar-refractivity contribution >= 4 is 6.08 Å². The van der Waals surface area contributed by atoms with Gasteiger partial charge < -0.3 is 15.2 Å². The van der Waals surface area contributed by atoms with Crippen LogP contribution in [0.15, 0.2) is 54.6 Å². The van der Waals surface area contributed by atoms with Crippen molar-refractivity contribution < 1.29 is 9.84 Å². The molecule has 1 aliphatic rings. The number of hydrogen-bond acceptors (Lipinski definition) is 3. The zero-order chi connectivity index (χ0) is 14.7. The summed E-state index contributed by atoms with van der Waals surface area (Å²) in [6.45, 7) is 0.707. The fraction of sp³-hybridized carbons (Fsp3) is 0.222. The van der Waals surface area contributed by atoms with E-state index in [0.717, 1.165) is 22.4 Å². The number of aliphatic hydroxyl groups is 1. The molecule has 2 aromatic rings. The van der Waals surface area contributed by atoms with Crippen molar-refractivity contribution in [3.05, 3.63) is 71.3 Å². The Morgan fingerprint density at radius 1 is 1.10 bits per heavy atom. The largest absolute Gasteiger partial charge is 0.497 e. The number of aliphatic hydroxyl groups excluding tert-OH is 1. The average molecular weight is 281 g/mol. The summed E-state index contributed by atoms with van der Waals surface area (Å²) in [7, 11) is 1.66. The molecule has 0 saturated heterocycles. The van der Waals surface area contributed by atoms with Crippen molar-refractivity contribution in [2.24, 2.45) is 0 Å². The molecule has 0 aromatic heterocycles. The van der Waals surface area contributed by atoms with E-state index in [0.29, 0.717) is 6.54 Å². The quantitative estimate of drug-likeness (QED) is 0.905. The van der Waals surface area contributed by atoms with Crippen LogP contribution in [0.4, 0.5) is 0 Å². The van der Waals surface area contributed by atoms with Gasteiger partial charge in [0.15, 0.2) is 0 Å². The molecule has 0 radical (unpaired) electrons. The lowest BCUT2D eigenvalue weighted by Crippen LogP contribution is -2.34. The zero-order valence-electron chi connectivity index (χ0n) is 12.0. The van der Waals surface area contributed by atoms with E-state index < -0.39 is 6.10 Å². The number of hydrogen-bond donors (Lipinski definition) is 2. The highest BCUT2D eigenvalue weighted by atomic mass is 16.5. The Hall–Kier alpha value is -2.10. The van der Waals surface area contributed by atoms with Gasteiger partial charge in [0.05, 0.1) is 19.3 Å². The maximum absolute atomic E-state index is 10.4. The molecule has 0 bridgehead atoms. The molecular formula is C18H19NO2. The number of methoxy groups -OCH3 is 1. The molecule has 1 aliphatic carbocycles. The lowest BCUT2D eigenvalue weighted by molar-refractivity contribution is 0.145. The van der Waals surface area contributed by atoms with Crippen LogP contribution in [-0.2, 0) is 6.54 Å². The monoisotopic (exact) mass is 281 g/mol. The summed E-state index contributed by atoms with van der Waals surface area (Å²) >= 11 is 0. The van der Waals surface area contributed by atoms with Crippen molar-refractivity contribution in [1.29, 1.82) is 0 Å². The SMILES string of the molecule is COc1ccc(CN[C@@H]2C=Cc3ccccc3C2O)cc1. The molecule has 3 heteroatoms. The van der Waals surface area contributed by atoms with E-state index in [9.17, 15) is 5.11 Å². The van der Waals surface area contributed by atoms with Gasteiger partial charge in [0, 0.05) is 6.54 Å². The van der Waals surface area contributed by atoms with Gasteiger partial charge in [0.1, 0.15) is 5.75 Å². The molecule has 3 nitrogen and oxygen atoms in total. The highest BCUT2D eigenvalue weighted by molar-refractivity contribution is 5.58. The fourth-order valence-electron chi connectivity index (χ4n) is 2.60. The zero-order valence-corrected chi connectivity index (χ0v) is 12.0. The summed E-state index contributed by atoms with van der Waals surface area (Å²) in [6.07, 6.45) is 3.58. The molecule has 108 valence electrons. The minimum atomic E-state index is -0.510. The Labute approximate surface area is 124 Å². The number of benzene rings is 2. The Kier molecular flexibility index (Phi) is 4.04. The molecule has 0 aliphatic heterocycles. The molecule has 2 aromatic carbocycles. The predicted octanol–water partition coefficient (Wildman–Crippen LogP) is 2.91. The Balaban J connectivity index is 1.66. The fourth-order valence-corrected chi connectivity index (χ4v) is 2.60. The van der Waals surface area contributed by atoms with Gasteiger partial charge in [0.25, 0.3) is 0 Å². The molecule has 0 spiro atoms. The third-order valence-corrected chi connectivity index (χ3v) is 3.84. The summed E-state index contributed by atoms with van der Waals surface area (Å²) in [6, 6.07) is 15.8. The topological polar surface area (TPSA) is 41.5 Å². The van der Waals surface area contributed by atoms with E-state index >= 15 is 0 Å². The van der Waals surface area contributed by atoms with Gasteiger partial charge in [-0.3, -0.25) is 0 Å². The molecule has 2 N–H and O–H groups in total. The second kappa shape index (κ2) is 6.12. The van der Waals surface area contributed by atoms with Crippen LogP contribution in [0.25, 0.3) is 6.08 Å². The van der Waals surface area contributed by atoms with Gasteiger partial charge >= 0.3 is 0 Å². The first kappa shape index (κ1) is 13.9. The maximum Gasteiger partial charge on any atom is 0.118 e. The molecule has 0 heterocycles. The second-order valence-corrected chi connectivity index (χ2v) is 5.19. The van der Waals surface area contributed by atoms with Crippen molar-refractivity contribution in [2.45, 2.75) is 18.7 Å². The molecule has 21 heavy (non-hydrogen) atoms. The number of nitrogens with one attached hydrogen (secondary N) is 1. The number of rotatable bonds is 4. The average Bonchev–Trinajstić information content (AvgIpc) is 2.55. The van der Waals surface area contributed by atoms with E-state index in [2.05, 4.69) is 11.4 Å². The summed E-state index contributed by atoms with van der Waals surface area (Å²) < 4.78 is 5.15. The van der Waals surface area contributed by atoms with Crippen LogP contribution in [0, 0.1) is 0 Å². The van der Waals surface area contributed by atoms with Gasteiger partial charge in [-0.15, -0.1) is 0 Å². The Morgan fingerprint density at radius 3 is 2.62 bits per heavy atom. The standard InChI is InChI=1S/C18H19NO2/c1-21-15-9-6-13(7-10-15)12-19-17-11-8-14-4-2-3-5-16(14)18(17)20/h2-11,17-20H,12H2,1H3/t17-,18?/m1/s1. The Morgan fingerprint density at radius 2 is 1.86 bits per heavy atom. The van der Waals surface area contributed by atoms with E-state index in [-0.39, 0.29) is 6.04 Å². The minimum Gasteiger partial charge on any atom is -0.497 e. The lowest BCUT2D eigenvalue weighted by Gasteiger charge is -2.26. The Bertz CT molecular complexity index is 634. The smallest absolute Gasteiger partial charge is 0.118 e. The maximum atomic E-state index is 10.4. The van der Waals surface area contributed by atoms with E-state index in [1.54, 1.807) is 7.11 Å². The molecular weight excluding hydrogens is 262 g/mol. The van der Waals surface area contributed by atoms with Gasteiger partial charge in [0.2, 0.25) is 0 Å². The van der Waals surface area contributed by atoms with Crippen molar-refractivity contribution in [3.8, 4) is 5.75 Å². The predicted molar refractivity (Wildman–Crippen MR) is 84.1 cm³/mol. The molecule has 0 fully saturated rings. The van der Waals surface area contributed by atoms with Crippen LogP contribution in [-0.4, -0.2) is 18.3 Å². The van der Waals surface area contributed by atoms with Gasteiger partial charge in [-0.2, -0.15) is 0 Å². The normalized spacial score (nSPS) is 20.1. The molecule has 0 saturated carbocycles.